The number of carbonyl (C=O) groups is 1. The van der Waals surface area contributed by atoms with Gasteiger partial charge in [0.2, 0.25) is 0 Å². The molecule has 0 aliphatic carbocycles. The van der Waals surface area contributed by atoms with Gasteiger partial charge in [-0.2, -0.15) is 10.2 Å². The molecular formula is C11H13Br2N5O. The summed E-state index contributed by atoms with van der Waals surface area (Å²) in [6.07, 6.45) is 1.89. The Morgan fingerprint density at radius 2 is 2.32 bits per heavy atom. The Morgan fingerprint density at radius 1 is 1.58 bits per heavy atom. The van der Waals surface area contributed by atoms with Crippen LogP contribution in [0.15, 0.2) is 21.3 Å². The zero-order valence-corrected chi connectivity index (χ0v) is 13.6. The van der Waals surface area contributed by atoms with Crippen molar-refractivity contribution in [2.45, 2.75) is 26.4 Å². The summed E-state index contributed by atoms with van der Waals surface area (Å²) in [6.45, 7) is 4.70. The van der Waals surface area contributed by atoms with Crippen LogP contribution in [0.1, 0.15) is 36.1 Å². The quantitative estimate of drug-likeness (QED) is 0.842. The van der Waals surface area contributed by atoms with Crippen molar-refractivity contribution in [3.8, 4) is 0 Å². The first-order chi connectivity index (χ1) is 9.02. The Bertz CT molecular complexity index is 592. The molecule has 0 saturated heterocycles. The molecule has 8 heteroatoms. The predicted molar refractivity (Wildman–Crippen MR) is 77.8 cm³/mol. The van der Waals surface area contributed by atoms with Gasteiger partial charge < -0.3 is 5.32 Å². The lowest BCUT2D eigenvalue weighted by Crippen LogP contribution is -2.27. The fourth-order valence-corrected chi connectivity index (χ4v) is 2.21. The smallest absolute Gasteiger partial charge is 0.273 e. The van der Waals surface area contributed by atoms with E-state index in [1.165, 1.54) is 0 Å². The SMILES string of the molecule is CCn1ccc(C(C)NC(=O)c2n[nH]c(Br)c2Br)n1. The van der Waals surface area contributed by atoms with Crippen LogP contribution in [-0.4, -0.2) is 25.9 Å². The Morgan fingerprint density at radius 3 is 2.84 bits per heavy atom. The number of rotatable bonds is 4. The first kappa shape index (κ1) is 14.3. The molecule has 0 bridgehead atoms. The maximum atomic E-state index is 12.1. The Balaban J connectivity index is 2.08. The van der Waals surface area contributed by atoms with Crippen LogP contribution in [0.25, 0.3) is 0 Å². The van der Waals surface area contributed by atoms with Crippen molar-refractivity contribution < 1.29 is 4.79 Å². The number of H-pyrrole nitrogens is 1. The minimum absolute atomic E-state index is 0.178. The van der Waals surface area contributed by atoms with E-state index in [1.807, 2.05) is 30.8 Å². The molecule has 2 rings (SSSR count). The van der Waals surface area contributed by atoms with E-state index < -0.39 is 0 Å². The highest BCUT2D eigenvalue weighted by molar-refractivity contribution is 9.13. The summed E-state index contributed by atoms with van der Waals surface area (Å²) < 4.78 is 3.07. The highest BCUT2D eigenvalue weighted by Gasteiger charge is 2.19. The number of nitrogens with zero attached hydrogens (tertiary/aromatic N) is 3. The van der Waals surface area contributed by atoms with Gasteiger partial charge in [-0.05, 0) is 51.8 Å². The van der Waals surface area contributed by atoms with Crippen LogP contribution in [0, 0.1) is 0 Å². The summed E-state index contributed by atoms with van der Waals surface area (Å²) in [5, 5.41) is 13.8. The van der Waals surface area contributed by atoms with Crippen LogP contribution in [0.3, 0.4) is 0 Å². The van der Waals surface area contributed by atoms with Crippen molar-refractivity contribution >= 4 is 37.8 Å². The van der Waals surface area contributed by atoms with Gasteiger partial charge in [0.05, 0.1) is 16.2 Å². The minimum Gasteiger partial charge on any atom is -0.342 e. The number of carbonyl (C=O) groups excluding carboxylic acids is 1. The van der Waals surface area contributed by atoms with E-state index in [-0.39, 0.29) is 11.9 Å². The van der Waals surface area contributed by atoms with Gasteiger partial charge in [0.15, 0.2) is 5.69 Å². The normalized spacial score (nSPS) is 12.4. The maximum Gasteiger partial charge on any atom is 0.273 e. The number of aromatic nitrogens is 4. The van der Waals surface area contributed by atoms with Gasteiger partial charge >= 0.3 is 0 Å². The number of nitrogens with one attached hydrogen (secondary N) is 2. The van der Waals surface area contributed by atoms with Crippen molar-refractivity contribution in [1.82, 2.24) is 25.3 Å². The molecule has 1 atom stereocenters. The Hall–Kier alpha value is -1.15. The van der Waals surface area contributed by atoms with Gasteiger partial charge in [-0.3, -0.25) is 14.6 Å². The molecule has 1 unspecified atom stereocenters. The second-order valence-electron chi connectivity index (χ2n) is 3.99. The standard InChI is InChI=1S/C11H13Br2N5O/c1-3-18-5-4-7(17-18)6(2)14-11(19)9-8(12)10(13)16-15-9/h4-6H,3H2,1-2H3,(H,14,19)(H,15,16). The van der Waals surface area contributed by atoms with Gasteiger partial charge in [-0.25, -0.2) is 0 Å². The first-order valence-electron chi connectivity index (χ1n) is 5.76. The largest absolute Gasteiger partial charge is 0.342 e. The predicted octanol–water partition coefficient (Wildman–Crippen LogP) is 2.64. The molecule has 0 fully saturated rings. The molecule has 19 heavy (non-hydrogen) atoms. The number of aromatic amines is 1. The van der Waals surface area contributed by atoms with Gasteiger partial charge in [0.25, 0.3) is 5.91 Å². The number of halogens is 2. The van der Waals surface area contributed by atoms with E-state index >= 15 is 0 Å². The fourth-order valence-electron chi connectivity index (χ4n) is 1.58. The molecule has 1 amide bonds. The van der Waals surface area contributed by atoms with Crippen LogP contribution in [0.2, 0.25) is 0 Å². The van der Waals surface area contributed by atoms with Crippen molar-refractivity contribution in [2.24, 2.45) is 0 Å². The molecule has 102 valence electrons. The lowest BCUT2D eigenvalue weighted by Gasteiger charge is -2.10. The molecular weight excluding hydrogens is 378 g/mol. The molecule has 0 aliphatic rings. The van der Waals surface area contributed by atoms with E-state index in [0.717, 1.165) is 12.2 Å². The summed E-state index contributed by atoms with van der Waals surface area (Å²) in [5.74, 6) is -0.257. The van der Waals surface area contributed by atoms with Crippen molar-refractivity contribution in [3.05, 3.63) is 32.7 Å². The molecule has 0 saturated carbocycles. The average Bonchev–Trinajstić information content (AvgIpc) is 2.98. The zero-order chi connectivity index (χ0) is 14.0. The number of hydrogen-bond acceptors (Lipinski definition) is 3. The molecule has 0 spiro atoms. The number of aryl methyl sites for hydroxylation is 1. The van der Waals surface area contributed by atoms with Crippen LogP contribution < -0.4 is 5.32 Å². The summed E-state index contributed by atoms with van der Waals surface area (Å²) in [6, 6.07) is 1.71. The van der Waals surface area contributed by atoms with Crippen LogP contribution >= 0.6 is 31.9 Å². The topological polar surface area (TPSA) is 75.6 Å². The lowest BCUT2D eigenvalue weighted by atomic mass is 10.2. The van der Waals surface area contributed by atoms with E-state index in [0.29, 0.717) is 14.8 Å². The van der Waals surface area contributed by atoms with Crippen LogP contribution in [-0.2, 0) is 6.54 Å². The Kier molecular flexibility index (Phi) is 4.41. The summed E-state index contributed by atoms with van der Waals surface area (Å²) >= 11 is 6.54. The highest BCUT2D eigenvalue weighted by Crippen LogP contribution is 2.24. The maximum absolute atomic E-state index is 12.1. The molecule has 0 aliphatic heterocycles. The van der Waals surface area contributed by atoms with E-state index in [1.54, 1.807) is 0 Å². The van der Waals surface area contributed by atoms with E-state index in [2.05, 4.69) is 52.5 Å². The van der Waals surface area contributed by atoms with Gasteiger partial charge in [0, 0.05) is 12.7 Å². The summed E-state index contributed by atoms with van der Waals surface area (Å²) in [4.78, 5) is 12.1. The van der Waals surface area contributed by atoms with E-state index in [9.17, 15) is 4.79 Å². The fraction of sp³-hybridized carbons (Fsp3) is 0.364. The Labute approximate surface area is 127 Å². The third-order valence-corrected chi connectivity index (χ3v) is 4.54. The van der Waals surface area contributed by atoms with E-state index in [4.69, 9.17) is 0 Å². The second kappa shape index (κ2) is 5.87. The molecule has 2 aromatic heterocycles. The molecule has 0 aromatic carbocycles. The first-order valence-corrected chi connectivity index (χ1v) is 7.35. The van der Waals surface area contributed by atoms with Crippen molar-refractivity contribution in [2.75, 3.05) is 0 Å². The molecule has 0 radical (unpaired) electrons. The second-order valence-corrected chi connectivity index (χ2v) is 5.58. The number of amides is 1. The minimum atomic E-state index is -0.257. The summed E-state index contributed by atoms with van der Waals surface area (Å²) in [7, 11) is 0. The molecule has 2 heterocycles. The average molecular weight is 391 g/mol. The third kappa shape index (κ3) is 3.06. The van der Waals surface area contributed by atoms with Gasteiger partial charge in [-0.15, -0.1) is 0 Å². The van der Waals surface area contributed by atoms with Crippen molar-refractivity contribution in [1.29, 1.82) is 0 Å². The third-order valence-electron chi connectivity index (χ3n) is 2.66. The van der Waals surface area contributed by atoms with Gasteiger partial charge in [0.1, 0.15) is 4.60 Å². The van der Waals surface area contributed by atoms with Crippen molar-refractivity contribution in [3.63, 3.8) is 0 Å². The molecule has 6 nitrogen and oxygen atoms in total. The number of hydrogen-bond donors (Lipinski definition) is 2. The molecule has 2 N–H and O–H groups in total. The lowest BCUT2D eigenvalue weighted by molar-refractivity contribution is 0.0933. The summed E-state index contributed by atoms with van der Waals surface area (Å²) in [5.41, 5.74) is 1.13. The van der Waals surface area contributed by atoms with Crippen LogP contribution in [0.4, 0.5) is 0 Å². The van der Waals surface area contributed by atoms with Crippen LogP contribution in [0.5, 0.6) is 0 Å². The van der Waals surface area contributed by atoms with Gasteiger partial charge in [-0.1, -0.05) is 0 Å². The molecule has 2 aromatic rings. The zero-order valence-electron chi connectivity index (χ0n) is 10.4. The highest BCUT2D eigenvalue weighted by atomic mass is 79.9. The monoisotopic (exact) mass is 389 g/mol.